The maximum atomic E-state index is 13.2. The highest BCUT2D eigenvalue weighted by atomic mass is 19.1. The van der Waals surface area contributed by atoms with Crippen LogP contribution in [0.3, 0.4) is 0 Å². The topological polar surface area (TPSA) is 32.3 Å². The van der Waals surface area contributed by atoms with Gasteiger partial charge in [-0.05, 0) is 49.9 Å². The third-order valence-corrected chi connectivity index (χ3v) is 3.15. The van der Waals surface area contributed by atoms with Crippen molar-refractivity contribution >= 4 is 0 Å². The highest BCUT2D eigenvalue weighted by molar-refractivity contribution is 5.35. The van der Waals surface area contributed by atoms with Gasteiger partial charge in [0.15, 0.2) is 0 Å². The second-order valence-electron chi connectivity index (χ2n) is 5.12. The van der Waals surface area contributed by atoms with Gasteiger partial charge < -0.3 is 10.4 Å². The lowest BCUT2D eigenvalue weighted by Gasteiger charge is -2.28. The van der Waals surface area contributed by atoms with E-state index in [-0.39, 0.29) is 24.0 Å². The van der Waals surface area contributed by atoms with Crippen molar-refractivity contribution in [3.8, 4) is 0 Å². The maximum absolute atomic E-state index is 13.2. The summed E-state index contributed by atoms with van der Waals surface area (Å²) >= 11 is 0. The second-order valence-corrected chi connectivity index (χ2v) is 5.12. The van der Waals surface area contributed by atoms with E-state index in [1.54, 1.807) is 6.07 Å². The quantitative estimate of drug-likeness (QED) is 0.823. The van der Waals surface area contributed by atoms with Gasteiger partial charge in [0.25, 0.3) is 0 Å². The Balaban J connectivity index is 2.20. The largest absolute Gasteiger partial charge is 0.394 e. The summed E-state index contributed by atoms with van der Waals surface area (Å²) in [5.41, 5.74) is 1.94. The van der Waals surface area contributed by atoms with Crippen LogP contribution in [0.5, 0.6) is 0 Å². The van der Waals surface area contributed by atoms with Gasteiger partial charge >= 0.3 is 0 Å². The van der Waals surface area contributed by atoms with Crippen molar-refractivity contribution in [3.63, 3.8) is 0 Å². The number of hydrogen-bond donors (Lipinski definition) is 2. The molecule has 2 rings (SSSR count). The summed E-state index contributed by atoms with van der Waals surface area (Å²) in [6.45, 7) is 3.97. The fraction of sp³-hybridized carbons (Fsp3) is 0.538. The van der Waals surface area contributed by atoms with E-state index in [9.17, 15) is 9.50 Å². The molecule has 0 bridgehead atoms. The second kappa shape index (κ2) is 4.15. The Kier molecular flexibility index (Phi) is 3.00. The number of benzene rings is 1. The zero-order chi connectivity index (χ0) is 11.8. The number of rotatable bonds is 3. The van der Waals surface area contributed by atoms with E-state index in [0.29, 0.717) is 0 Å². The molecule has 0 aliphatic heterocycles. The summed E-state index contributed by atoms with van der Waals surface area (Å²) in [6, 6.07) is 5.14. The van der Waals surface area contributed by atoms with Crippen molar-refractivity contribution in [2.45, 2.75) is 38.3 Å². The van der Waals surface area contributed by atoms with Crippen molar-refractivity contribution in [3.05, 3.63) is 35.1 Å². The number of hydrogen-bond acceptors (Lipinski definition) is 2. The molecular weight excluding hydrogens is 205 g/mol. The zero-order valence-corrected chi connectivity index (χ0v) is 9.76. The van der Waals surface area contributed by atoms with Crippen LogP contribution in [0.2, 0.25) is 0 Å². The van der Waals surface area contributed by atoms with Crippen LogP contribution in [0.25, 0.3) is 0 Å². The third-order valence-electron chi connectivity index (χ3n) is 3.15. The molecule has 0 radical (unpaired) electrons. The highest BCUT2D eigenvalue weighted by Gasteiger charge is 2.28. The molecule has 2 N–H and O–H groups in total. The molecule has 16 heavy (non-hydrogen) atoms. The van der Waals surface area contributed by atoms with Crippen molar-refractivity contribution < 1.29 is 9.50 Å². The molecule has 0 saturated heterocycles. The Morgan fingerprint density at radius 2 is 2.25 bits per heavy atom. The first kappa shape index (κ1) is 11.6. The molecule has 0 aromatic heterocycles. The van der Waals surface area contributed by atoms with E-state index in [4.69, 9.17) is 0 Å². The first-order chi connectivity index (χ1) is 7.52. The lowest BCUT2D eigenvalue weighted by atomic mass is 10.0. The molecule has 1 unspecified atom stereocenters. The summed E-state index contributed by atoms with van der Waals surface area (Å²) < 4.78 is 13.2. The summed E-state index contributed by atoms with van der Waals surface area (Å²) in [5, 5.41) is 12.6. The minimum absolute atomic E-state index is 0.0775. The van der Waals surface area contributed by atoms with Gasteiger partial charge in [0.2, 0.25) is 0 Å². The van der Waals surface area contributed by atoms with E-state index < -0.39 is 0 Å². The highest BCUT2D eigenvalue weighted by Crippen LogP contribution is 2.32. The molecule has 0 saturated carbocycles. The first-order valence-corrected chi connectivity index (χ1v) is 5.69. The number of fused-ring (bicyclic) bond motifs is 1. The molecule has 1 aromatic rings. The van der Waals surface area contributed by atoms with Crippen LogP contribution in [0.1, 0.15) is 37.4 Å². The molecule has 1 atom stereocenters. The monoisotopic (exact) mass is 223 g/mol. The predicted octanol–water partition coefficient (Wildman–Crippen LogP) is 2.17. The molecule has 1 aliphatic rings. The van der Waals surface area contributed by atoms with Gasteiger partial charge in [-0.15, -0.1) is 0 Å². The van der Waals surface area contributed by atoms with E-state index >= 15 is 0 Å². The molecule has 0 amide bonds. The molecule has 3 heteroatoms. The maximum Gasteiger partial charge on any atom is 0.123 e. The molecule has 2 nitrogen and oxygen atoms in total. The van der Waals surface area contributed by atoms with Crippen molar-refractivity contribution in [2.24, 2.45) is 0 Å². The molecule has 88 valence electrons. The van der Waals surface area contributed by atoms with Crippen molar-refractivity contribution in [2.75, 3.05) is 6.61 Å². The molecular formula is C13H18FNO. The van der Waals surface area contributed by atoms with Gasteiger partial charge in [0.1, 0.15) is 5.82 Å². The lowest BCUT2D eigenvalue weighted by Crippen LogP contribution is -2.44. The Bertz CT molecular complexity index is 390. The smallest absolute Gasteiger partial charge is 0.123 e. The first-order valence-electron chi connectivity index (χ1n) is 5.69. The number of aliphatic hydroxyl groups is 1. The van der Waals surface area contributed by atoms with E-state index in [1.165, 1.54) is 11.6 Å². The molecule has 0 heterocycles. The Labute approximate surface area is 95.5 Å². The van der Waals surface area contributed by atoms with Crippen molar-refractivity contribution in [1.29, 1.82) is 0 Å². The lowest BCUT2D eigenvalue weighted by molar-refractivity contribution is 0.175. The van der Waals surface area contributed by atoms with Gasteiger partial charge in [0, 0.05) is 11.6 Å². The summed E-state index contributed by atoms with van der Waals surface area (Å²) in [6.07, 6.45) is 1.96. The van der Waals surface area contributed by atoms with Crippen LogP contribution < -0.4 is 5.32 Å². The number of aliphatic hydroxyl groups excluding tert-OH is 1. The average Bonchev–Trinajstić information content (AvgIpc) is 2.61. The van der Waals surface area contributed by atoms with Gasteiger partial charge in [-0.25, -0.2) is 4.39 Å². The average molecular weight is 223 g/mol. The van der Waals surface area contributed by atoms with Gasteiger partial charge in [-0.1, -0.05) is 6.07 Å². The van der Waals surface area contributed by atoms with E-state index in [2.05, 4.69) is 5.32 Å². The van der Waals surface area contributed by atoms with Crippen molar-refractivity contribution in [1.82, 2.24) is 5.32 Å². The van der Waals surface area contributed by atoms with Crippen LogP contribution in [0.15, 0.2) is 18.2 Å². The Hall–Kier alpha value is -0.930. The Morgan fingerprint density at radius 3 is 2.94 bits per heavy atom. The van der Waals surface area contributed by atoms with E-state index in [1.807, 2.05) is 19.9 Å². The number of nitrogens with one attached hydrogen (secondary N) is 1. The number of halogens is 1. The normalized spacial score (nSPS) is 19.9. The van der Waals surface area contributed by atoms with E-state index in [0.717, 1.165) is 18.4 Å². The summed E-state index contributed by atoms with van der Waals surface area (Å²) in [5.74, 6) is -0.186. The molecule has 0 spiro atoms. The van der Waals surface area contributed by atoms with Gasteiger partial charge in [0.05, 0.1) is 6.61 Å². The van der Waals surface area contributed by atoms with Crippen LogP contribution >= 0.6 is 0 Å². The Morgan fingerprint density at radius 1 is 1.50 bits per heavy atom. The minimum Gasteiger partial charge on any atom is -0.394 e. The van der Waals surface area contributed by atoms with Gasteiger partial charge in [-0.3, -0.25) is 0 Å². The number of aryl methyl sites for hydroxylation is 1. The van der Waals surface area contributed by atoms with Gasteiger partial charge in [-0.2, -0.15) is 0 Å². The summed E-state index contributed by atoms with van der Waals surface area (Å²) in [4.78, 5) is 0. The fourth-order valence-corrected chi connectivity index (χ4v) is 2.24. The molecule has 0 fully saturated rings. The molecule has 1 aromatic carbocycles. The third kappa shape index (κ3) is 2.25. The fourth-order valence-electron chi connectivity index (χ4n) is 2.24. The van der Waals surface area contributed by atoms with Crippen LogP contribution in [-0.2, 0) is 6.42 Å². The standard InChI is InChI=1S/C13H18FNO/c1-13(2,8-16)15-12-6-4-9-3-5-10(14)7-11(9)12/h3,5,7,12,15-16H,4,6,8H2,1-2H3. The SMILES string of the molecule is CC(C)(CO)NC1CCc2ccc(F)cc21. The predicted molar refractivity (Wildman–Crippen MR) is 61.8 cm³/mol. The zero-order valence-electron chi connectivity index (χ0n) is 9.76. The summed E-state index contributed by atoms with van der Waals surface area (Å²) in [7, 11) is 0. The van der Waals surface area contributed by atoms with Crippen LogP contribution in [0, 0.1) is 5.82 Å². The minimum atomic E-state index is -0.321. The van der Waals surface area contributed by atoms with Crippen LogP contribution in [0.4, 0.5) is 4.39 Å². The molecule has 1 aliphatic carbocycles. The van der Waals surface area contributed by atoms with Crippen LogP contribution in [-0.4, -0.2) is 17.3 Å².